The first kappa shape index (κ1) is 18.7. The van der Waals surface area contributed by atoms with E-state index in [1.54, 1.807) is 18.2 Å². The molecule has 1 amide bonds. The molecule has 3 rings (SSSR count). The molecule has 2 aromatic carbocycles. The van der Waals surface area contributed by atoms with Crippen LogP contribution < -0.4 is 9.62 Å². The Balaban J connectivity index is 1.68. The Labute approximate surface area is 159 Å². The van der Waals surface area contributed by atoms with E-state index in [-0.39, 0.29) is 11.7 Å². The van der Waals surface area contributed by atoms with Gasteiger partial charge < -0.3 is 5.32 Å². The molecule has 1 saturated heterocycles. The van der Waals surface area contributed by atoms with Crippen molar-refractivity contribution in [2.75, 3.05) is 21.9 Å². The quantitative estimate of drug-likeness (QED) is 0.842. The first-order chi connectivity index (χ1) is 12.3. The van der Waals surface area contributed by atoms with Gasteiger partial charge >= 0.3 is 0 Å². The fourth-order valence-corrected chi connectivity index (χ4v) is 4.64. The van der Waals surface area contributed by atoms with Crippen LogP contribution in [0.3, 0.4) is 0 Å². The molecule has 0 atom stereocenters. The summed E-state index contributed by atoms with van der Waals surface area (Å²) in [6.45, 7) is 2.47. The number of anilines is 2. The van der Waals surface area contributed by atoms with E-state index < -0.39 is 10.0 Å². The fourth-order valence-electron chi connectivity index (χ4n) is 2.92. The summed E-state index contributed by atoms with van der Waals surface area (Å²) < 4.78 is 25.5. The Morgan fingerprint density at radius 2 is 1.92 bits per heavy atom. The molecule has 138 valence electrons. The highest BCUT2D eigenvalue weighted by Crippen LogP contribution is 2.31. The monoisotopic (exact) mass is 392 g/mol. The minimum Gasteiger partial charge on any atom is -0.325 e. The molecule has 0 spiro atoms. The van der Waals surface area contributed by atoms with Gasteiger partial charge in [0.1, 0.15) is 0 Å². The molecule has 5 nitrogen and oxygen atoms in total. The van der Waals surface area contributed by atoms with Crippen molar-refractivity contribution in [1.29, 1.82) is 0 Å². The number of benzene rings is 2. The summed E-state index contributed by atoms with van der Waals surface area (Å²) in [4.78, 5) is 12.3. The third kappa shape index (κ3) is 4.37. The van der Waals surface area contributed by atoms with Crippen molar-refractivity contribution < 1.29 is 13.2 Å². The van der Waals surface area contributed by atoms with Gasteiger partial charge in [0.25, 0.3) is 0 Å². The second-order valence-electron chi connectivity index (χ2n) is 6.44. The van der Waals surface area contributed by atoms with E-state index in [0.717, 1.165) is 5.56 Å². The van der Waals surface area contributed by atoms with Gasteiger partial charge in [-0.2, -0.15) is 0 Å². The highest BCUT2D eigenvalue weighted by Gasteiger charge is 2.28. The molecule has 2 aromatic rings. The molecule has 0 aromatic heterocycles. The third-order valence-corrected chi connectivity index (χ3v) is 6.57. The molecule has 1 aliphatic heterocycles. The number of amides is 1. The van der Waals surface area contributed by atoms with Crippen LogP contribution in [-0.2, 0) is 21.2 Å². The zero-order valence-electron chi connectivity index (χ0n) is 14.5. The van der Waals surface area contributed by atoms with Gasteiger partial charge in [0.05, 0.1) is 22.2 Å². The van der Waals surface area contributed by atoms with E-state index in [9.17, 15) is 13.2 Å². The largest absolute Gasteiger partial charge is 0.325 e. The van der Waals surface area contributed by atoms with Crippen LogP contribution in [0.1, 0.15) is 24.0 Å². The maximum atomic E-state index is 12.3. The standard InChI is InChI=1S/C19H21ClN2O3S/c1-14-3-5-15(6-4-14)7-10-19(23)21-18-13-16(8-9-17(18)20)22-11-2-12-26(22,24)25/h3-6,8-9,13H,2,7,10-12H2,1H3,(H,21,23). The molecule has 1 aliphatic rings. The second-order valence-corrected chi connectivity index (χ2v) is 8.86. The Kier molecular flexibility index (Phi) is 5.53. The highest BCUT2D eigenvalue weighted by molar-refractivity contribution is 7.93. The molecule has 1 heterocycles. The molecule has 7 heteroatoms. The molecule has 0 radical (unpaired) electrons. The maximum Gasteiger partial charge on any atom is 0.235 e. The van der Waals surface area contributed by atoms with Gasteiger partial charge in [0.2, 0.25) is 15.9 Å². The SMILES string of the molecule is Cc1ccc(CCC(=O)Nc2cc(N3CCCS3(=O)=O)ccc2Cl)cc1. The number of hydrogen-bond donors (Lipinski definition) is 1. The molecule has 1 fully saturated rings. The van der Waals surface area contributed by atoms with Crippen LogP contribution in [0.5, 0.6) is 0 Å². The lowest BCUT2D eigenvalue weighted by molar-refractivity contribution is -0.116. The normalized spacial score (nSPS) is 15.8. The van der Waals surface area contributed by atoms with Gasteiger partial charge in [0, 0.05) is 13.0 Å². The van der Waals surface area contributed by atoms with Crippen LogP contribution in [0.2, 0.25) is 5.02 Å². The molecule has 1 N–H and O–H groups in total. The van der Waals surface area contributed by atoms with Crippen molar-refractivity contribution in [1.82, 2.24) is 0 Å². The second kappa shape index (κ2) is 7.68. The number of nitrogens with zero attached hydrogens (tertiary/aromatic N) is 1. The predicted molar refractivity (Wildman–Crippen MR) is 105 cm³/mol. The van der Waals surface area contributed by atoms with Crippen LogP contribution in [0, 0.1) is 6.92 Å². The number of carbonyl (C=O) groups is 1. The van der Waals surface area contributed by atoms with Gasteiger partial charge in [-0.05, 0) is 43.5 Å². The molecule has 0 aliphatic carbocycles. The van der Waals surface area contributed by atoms with Gasteiger partial charge in [-0.15, -0.1) is 0 Å². The summed E-state index contributed by atoms with van der Waals surface area (Å²) in [5.74, 6) is -0.0117. The molecular weight excluding hydrogens is 372 g/mol. The Hall–Kier alpha value is -2.05. The van der Waals surface area contributed by atoms with Crippen molar-refractivity contribution in [3.8, 4) is 0 Å². The molecule has 0 unspecified atom stereocenters. The number of sulfonamides is 1. The van der Waals surface area contributed by atoms with E-state index in [0.29, 0.717) is 42.2 Å². The minimum absolute atomic E-state index is 0.147. The zero-order valence-corrected chi connectivity index (χ0v) is 16.1. The van der Waals surface area contributed by atoms with Gasteiger partial charge in [-0.3, -0.25) is 9.10 Å². The lowest BCUT2D eigenvalue weighted by atomic mass is 10.1. The molecule has 0 saturated carbocycles. The molecule has 26 heavy (non-hydrogen) atoms. The van der Waals surface area contributed by atoms with Crippen molar-refractivity contribution in [2.45, 2.75) is 26.2 Å². The van der Waals surface area contributed by atoms with Gasteiger partial charge in [-0.1, -0.05) is 41.4 Å². The van der Waals surface area contributed by atoms with E-state index in [4.69, 9.17) is 11.6 Å². The zero-order chi connectivity index (χ0) is 18.7. The fraction of sp³-hybridized carbons (Fsp3) is 0.316. The smallest absolute Gasteiger partial charge is 0.235 e. The topological polar surface area (TPSA) is 66.5 Å². The van der Waals surface area contributed by atoms with Crippen LogP contribution >= 0.6 is 11.6 Å². The van der Waals surface area contributed by atoms with Crippen LogP contribution in [0.4, 0.5) is 11.4 Å². The average Bonchev–Trinajstić information content (AvgIpc) is 2.95. The third-order valence-electron chi connectivity index (χ3n) is 4.37. The minimum atomic E-state index is -3.27. The van der Waals surface area contributed by atoms with E-state index in [1.165, 1.54) is 9.87 Å². The van der Waals surface area contributed by atoms with Gasteiger partial charge in [0.15, 0.2) is 0 Å². The number of hydrogen-bond acceptors (Lipinski definition) is 3. The van der Waals surface area contributed by atoms with E-state index in [1.807, 2.05) is 31.2 Å². The number of nitrogens with one attached hydrogen (secondary N) is 1. The van der Waals surface area contributed by atoms with Crippen LogP contribution in [0.15, 0.2) is 42.5 Å². The first-order valence-electron chi connectivity index (χ1n) is 8.50. The molecule has 0 bridgehead atoms. The van der Waals surface area contributed by atoms with Crippen molar-refractivity contribution >= 4 is 38.9 Å². The summed E-state index contributed by atoms with van der Waals surface area (Å²) in [5, 5.41) is 3.17. The Morgan fingerprint density at radius 3 is 2.58 bits per heavy atom. The average molecular weight is 393 g/mol. The summed E-state index contributed by atoms with van der Waals surface area (Å²) in [6.07, 6.45) is 1.55. The number of rotatable bonds is 5. The van der Waals surface area contributed by atoms with Crippen LogP contribution in [0.25, 0.3) is 0 Å². The van der Waals surface area contributed by atoms with Crippen molar-refractivity contribution in [2.24, 2.45) is 0 Å². The Morgan fingerprint density at radius 1 is 1.19 bits per heavy atom. The number of carbonyl (C=O) groups excluding carboxylic acids is 1. The Bertz CT molecular complexity index is 911. The molecular formula is C19H21ClN2O3S. The van der Waals surface area contributed by atoms with Crippen molar-refractivity contribution in [3.05, 3.63) is 58.6 Å². The number of aryl methyl sites for hydroxylation is 2. The highest BCUT2D eigenvalue weighted by atomic mass is 35.5. The number of halogens is 1. The summed E-state index contributed by atoms with van der Waals surface area (Å²) in [7, 11) is -3.27. The lowest BCUT2D eigenvalue weighted by Crippen LogP contribution is -2.25. The summed E-state index contributed by atoms with van der Waals surface area (Å²) in [5.41, 5.74) is 3.23. The predicted octanol–water partition coefficient (Wildman–Crippen LogP) is 3.76. The van der Waals surface area contributed by atoms with E-state index in [2.05, 4.69) is 5.32 Å². The lowest BCUT2D eigenvalue weighted by Gasteiger charge is -2.18. The van der Waals surface area contributed by atoms with E-state index >= 15 is 0 Å². The summed E-state index contributed by atoms with van der Waals surface area (Å²) in [6, 6.07) is 12.9. The first-order valence-corrected chi connectivity index (χ1v) is 10.5. The van der Waals surface area contributed by atoms with Crippen molar-refractivity contribution in [3.63, 3.8) is 0 Å². The van der Waals surface area contributed by atoms with Gasteiger partial charge in [-0.25, -0.2) is 8.42 Å². The van der Waals surface area contributed by atoms with Crippen LogP contribution in [-0.4, -0.2) is 26.6 Å². The summed E-state index contributed by atoms with van der Waals surface area (Å²) >= 11 is 6.17. The maximum absolute atomic E-state index is 12.3.